The van der Waals surface area contributed by atoms with Gasteiger partial charge in [0.2, 0.25) is 12.7 Å². The van der Waals surface area contributed by atoms with Crippen molar-refractivity contribution in [1.29, 1.82) is 0 Å². The minimum Gasteiger partial charge on any atom is -0.454 e. The van der Waals surface area contributed by atoms with E-state index in [1.165, 1.54) is 27.7 Å². The van der Waals surface area contributed by atoms with Gasteiger partial charge in [-0.25, -0.2) is 9.97 Å². The molecule has 0 aliphatic carbocycles. The fourth-order valence-corrected chi connectivity index (χ4v) is 8.49. The Hall–Kier alpha value is -6.35. The van der Waals surface area contributed by atoms with Gasteiger partial charge >= 0.3 is 0 Å². The molecule has 1 amide bonds. The van der Waals surface area contributed by atoms with Gasteiger partial charge < -0.3 is 29.2 Å². The number of para-hydroxylation sites is 5. The number of hydrogen-bond donors (Lipinski definition) is 3. The van der Waals surface area contributed by atoms with E-state index in [-0.39, 0.29) is 37.0 Å². The second-order valence-corrected chi connectivity index (χ2v) is 25.2. The zero-order valence-electron chi connectivity index (χ0n) is 45.4. The van der Waals surface area contributed by atoms with Crippen LogP contribution in [-0.2, 0) is 43.3 Å². The largest absolute Gasteiger partial charge is 0.454 e. The molecule has 5 aromatic carbocycles. The number of nitrogens with one attached hydrogen (secondary N) is 3. The molecule has 73 heavy (non-hydrogen) atoms. The molecule has 0 bridgehead atoms. The van der Waals surface area contributed by atoms with E-state index < -0.39 is 0 Å². The van der Waals surface area contributed by atoms with Crippen LogP contribution in [0.15, 0.2) is 120 Å². The summed E-state index contributed by atoms with van der Waals surface area (Å²) < 4.78 is 16.2. The maximum atomic E-state index is 11.2. The van der Waals surface area contributed by atoms with Gasteiger partial charge in [-0.05, 0) is 123 Å². The molecule has 10 rings (SSSR count). The first kappa shape index (κ1) is 59.2. The highest BCUT2D eigenvalue weighted by molar-refractivity contribution is 5.99. The fourth-order valence-electron chi connectivity index (χ4n) is 8.49. The van der Waals surface area contributed by atoms with Crippen LogP contribution in [0.5, 0.6) is 11.5 Å². The number of rotatable bonds is 5. The van der Waals surface area contributed by atoms with Gasteiger partial charge in [0.15, 0.2) is 23.0 Å². The van der Waals surface area contributed by atoms with Crippen LogP contribution in [0.3, 0.4) is 0 Å². The van der Waals surface area contributed by atoms with Gasteiger partial charge in [-0.3, -0.25) is 4.79 Å². The van der Waals surface area contributed by atoms with E-state index in [9.17, 15) is 4.79 Å². The third-order valence-electron chi connectivity index (χ3n) is 11.2. The van der Waals surface area contributed by atoms with E-state index in [1.54, 1.807) is 0 Å². The number of oxazole rings is 1. The van der Waals surface area contributed by atoms with E-state index in [2.05, 4.69) is 196 Å². The zero-order valence-corrected chi connectivity index (χ0v) is 45.4. The molecule has 0 unspecified atom stereocenters. The Bertz CT molecular complexity index is 2690. The molecule has 0 fully saturated rings. The van der Waals surface area contributed by atoms with E-state index in [0.717, 1.165) is 88.7 Å². The van der Waals surface area contributed by atoms with Crippen molar-refractivity contribution in [3.8, 4) is 11.5 Å². The second-order valence-electron chi connectivity index (χ2n) is 25.2. The Morgan fingerprint density at radius 1 is 0.507 bits per heavy atom. The topological polar surface area (TPSA) is 118 Å². The lowest BCUT2D eigenvalue weighted by atomic mass is 9.88. The molecule has 0 saturated heterocycles. The standard InChI is InChI=1S/C13H17NO.C13H17N.C12H16N2.C12H15NO.C12H16O2.2CH4/c1-13(2,3)8-9-4-5-10-7-12(15)14-11(10)6-9;1-13(2,3)9-11-8-10-6-4-5-7-12(10)14-11;2*1-12(2,3)8-11-13-9-6-4-5-7-10(9)14-11;1-12(2,3)7-9-4-5-10-11(6-9)14-8-13-10;;/h4-6H,7-8H2,1-3H3,(H,14,15);4-8,14H,9H2,1-3H3;4-7H,8H2,1-3H3,(H,13,14);4-7H,8H2,1-3H3;4-6H,7-8H2,1-3H3;2*1H4. The van der Waals surface area contributed by atoms with Crippen LogP contribution in [-0.4, -0.2) is 32.6 Å². The molecule has 9 nitrogen and oxygen atoms in total. The van der Waals surface area contributed by atoms with E-state index in [4.69, 9.17) is 13.9 Å². The number of ether oxygens (including phenoxy) is 2. The molecule has 5 heterocycles. The number of hydrogen-bond acceptors (Lipinski definition) is 6. The summed E-state index contributed by atoms with van der Waals surface area (Å²) in [6, 6.07) is 39.2. The lowest BCUT2D eigenvalue weighted by Gasteiger charge is -2.18. The lowest BCUT2D eigenvalue weighted by molar-refractivity contribution is -0.115. The average molecular weight is 992 g/mol. The van der Waals surface area contributed by atoms with Crippen LogP contribution in [0, 0.1) is 27.1 Å². The molecular weight excluding hydrogens is 903 g/mol. The van der Waals surface area contributed by atoms with Gasteiger partial charge in [-0.1, -0.05) is 179 Å². The Morgan fingerprint density at radius 3 is 1.66 bits per heavy atom. The quantitative estimate of drug-likeness (QED) is 0.158. The van der Waals surface area contributed by atoms with Crippen molar-refractivity contribution in [2.75, 3.05) is 12.1 Å². The van der Waals surface area contributed by atoms with Gasteiger partial charge in [-0.15, -0.1) is 0 Å². The Balaban J connectivity index is 0.000000197. The molecular formula is C64H89N5O4. The fraction of sp³-hybridized carbons (Fsp3) is 0.453. The van der Waals surface area contributed by atoms with Crippen molar-refractivity contribution in [2.24, 2.45) is 27.1 Å². The maximum Gasteiger partial charge on any atom is 0.231 e. The van der Waals surface area contributed by atoms with Crippen molar-refractivity contribution in [1.82, 2.24) is 19.9 Å². The highest BCUT2D eigenvalue weighted by Crippen LogP contribution is 2.35. The summed E-state index contributed by atoms with van der Waals surface area (Å²) in [7, 11) is 0. The number of carbonyl (C=O) groups is 1. The number of fused-ring (bicyclic) bond motifs is 5. The SMILES string of the molecule is C.C.CC(C)(C)Cc1cc2ccccc2[nH]1.CC(C)(C)Cc1ccc2c(c1)NC(=O)C2.CC(C)(C)Cc1ccc2c(c1)OCO2.CC(C)(C)Cc1nc2ccccc2[nH]1.CC(C)(C)Cc1nc2ccccc2o1. The molecule has 3 aromatic heterocycles. The van der Waals surface area contributed by atoms with Crippen molar-refractivity contribution in [3.05, 3.63) is 149 Å². The summed E-state index contributed by atoms with van der Waals surface area (Å²) in [4.78, 5) is 27.0. The van der Waals surface area contributed by atoms with E-state index in [0.29, 0.717) is 24.0 Å². The minimum atomic E-state index is 0. The summed E-state index contributed by atoms with van der Waals surface area (Å²) in [5.74, 6) is 3.77. The predicted molar refractivity (Wildman–Crippen MR) is 309 cm³/mol. The van der Waals surface area contributed by atoms with Gasteiger partial charge in [-0.2, -0.15) is 0 Å². The van der Waals surface area contributed by atoms with Crippen molar-refractivity contribution >= 4 is 44.6 Å². The third kappa shape index (κ3) is 19.9. The summed E-state index contributed by atoms with van der Waals surface area (Å²) in [5.41, 5.74) is 12.8. The van der Waals surface area contributed by atoms with Crippen LogP contribution in [0.4, 0.5) is 5.69 Å². The van der Waals surface area contributed by atoms with Gasteiger partial charge in [0.05, 0.1) is 17.5 Å². The Kier molecular flexibility index (Phi) is 19.9. The number of imidazole rings is 1. The first-order chi connectivity index (χ1) is 33.1. The molecule has 0 spiro atoms. The smallest absolute Gasteiger partial charge is 0.231 e. The Labute approximate surface area is 438 Å². The molecule has 9 heteroatoms. The molecule has 394 valence electrons. The van der Waals surface area contributed by atoms with Crippen LogP contribution in [0.1, 0.15) is 153 Å². The van der Waals surface area contributed by atoms with Crippen LogP contribution < -0.4 is 14.8 Å². The van der Waals surface area contributed by atoms with Gasteiger partial charge in [0.25, 0.3) is 0 Å². The highest BCUT2D eigenvalue weighted by atomic mass is 16.7. The normalized spacial score (nSPS) is 12.9. The number of H-pyrrole nitrogens is 2. The van der Waals surface area contributed by atoms with Crippen LogP contribution in [0.25, 0.3) is 33.0 Å². The molecule has 8 aromatic rings. The number of aromatic nitrogens is 4. The number of anilines is 1. The average Bonchev–Trinajstić information content (AvgIpc) is 4.08. The molecule has 2 aliphatic rings. The second kappa shape index (κ2) is 24.6. The molecule has 3 N–H and O–H groups in total. The number of benzene rings is 5. The number of aromatic amines is 2. The third-order valence-corrected chi connectivity index (χ3v) is 11.2. The monoisotopic (exact) mass is 992 g/mol. The zero-order chi connectivity index (χ0) is 51.8. The van der Waals surface area contributed by atoms with Gasteiger partial charge in [0, 0.05) is 29.7 Å². The first-order valence-corrected chi connectivity index (χ1v) is 25.3. The summed E-state index contributed by atoms with van der Waals surface area (Å²) >= 11 is 0. The molecule has 0 radical (unpaired) electrons. The summed E-state index contributed by atoms with van der Waals surface area (Å²) in [5, 5.41) is 4.20. The van der Waals surface area contributed by atoms with E-state index >= 15 is 0 Å². The van der Waals surface area contributed by atoms with Crippen molar-refractivity contribution in [2.45, 2.75) is 157 Å². The molecule has 0 atom stereocenters. The molecule has 2 aliphatic heterocycles. The Morgan fingerprint density at radius 2 is 1.05 bits per heavy atom. The number of nitrogens with zero attached hydrogens (tertiary/aromatic N) is 2. The van der Waals surface area contributed by atoms with E-state index in [1.807, 2.05) is 48.5 Å². The van der Waals surface area contributed by atoms with Crippen LogP contribution in [0.2, 0.25) is 0 Å². The number of carbonyl (C=O) groups excluding carboxylic acids is 1. The summed E-state index contributed by atoms with van der Waals surface area (Å²) in [6.07, 6.45) is 5.59. The summed E-state index contributed by atoms with van der Waals surface area (Å²) in [6.45, 7) is 33.7. The maximum absolute atomic E-state index is 11.2. The number of amides is 1. The van der Waals surface area contributed by atoms with Crippen molar-refractivity contribution < 1.29 is 18.7 Å². The van der Waals surface area contributed by atoms with Crippen LogP contribution >= 0.6 is 0 Å². The van der Waals surface area contributed by atoms with Gasteiger partial charge in [0.1, 0.15) is 11.3 Å². The predicted octanol–water partition coefficient (Wildman–Crippen LogP) is 17.4. The van der Waals surface area contributed by atoms with Crippen molar-refractivity contribution in [3.63, 3.8) is 0 Å². The minimum absolute atomic E-state index is 0. The highest BCUT2D eigenvalue weighted by Gasteiger charge is 2.21. The molecule has 0 saturated carbocycles. The lowest BCUT2D eigenvalue weighted by Crippen LogP contribution is -2.10. The first-order valence-electron chi connectivity index (χ1n) is 25.3.